The molecule has 5 rings (SSSR count). The summed E-state index contributed by atoms with van der Waals surface area (Å²) in [5.41, 5.74) is 1.53. The molecular weight excluding hydrogens is 443 g/mol. The summed E-state index contributed by atoms with van der Waals surface area (Å²) in [4.78, 5) is 40.5. The lowest BCUT2D eigenvalue weighted by molar-refractivity contribution is -0.157. The molecule has 1 N–H and O–H groups in total. The summed E-state index contributed by atoms with van der Waals surface area (Å²) in [7, 11) is 0. The van der Waals surface area contributed by atoms with Crippen LogP contribution in [0.15, 0.2) is 83.8 Å². The fourth-order valence-corrected chi connectivity index (χ4v) is 5.51. The Morgan fingerprint density at radius 3 is 2.45 bits per heavy atom. The summed E-state index contributed by atoms with van der Waals surface area (Å²) in [6, 6.07) is 21.3. The molecule has 0 aliphatic carbocycles. The number of esters is 1. The Balaban J connectivity index is 1.45. The maximum Gasteiger partial charge on any atom is 0.344 e. The van der Waals surface area contributed by atoms with Crippen LogP contribution in [0.1, 0.15) is 24.5 Å². The number of rotatable bonds is 5. The normalized spacial score (nSPS) is 19.5. The van der Waals surface area contributed by atoms with Gasteiger partial charge in [0, 0.05) is 29.0 Å². The highest BCUT2D eigenvalue weighted by Gasteiger charge is 2.59. The van der Waals surface area contributed by atoms with E-state index in [4.69, 9.17) is 4.74 Å². The van der Waals surface area contributed by atoms with Crippen LogP contribution in [0.25, 0.3) is 0 Å². The van der Waals surface area contributed by atoms with Crippen LogP contribution in [0.5, 0.6) is 0 Å². The number of ether oxygens (including phenoxy) is 1. The first-order valence-corrected chi connectivity index (χ1v) is 11.2. The molecule has 2 aliphatic heterocycles. The van der Waals surface area contributed by atoms with Crippen LogP contribution < -0.4 is 10.2 Å². The Labute approximate surface area is 193 Å². The van der Waals surface area contributed by atoms with Gasteiger partial charge in [-0.25, -0.2) is 9.18 Å². The Morgan fingerprint density at radius 2 is 1.70 bits per heavy atom. The third-order valence-electron chi connectivity index (χ3n) is 5.67. The van der Waals surface area contributed by atoms with Crippen molar-refractivity contribution in [2.24, 2.45) is 0 Å². The van der Waals surface area contributed by atoms with Gasteiger partial charge in [0.1, 0.15) is 5.82 Å². The molecule has 0 unspecified atom stereocenters. The van der Waals surface area contributed by atoms with E-state index in [9.17, 15) is 18.8 Å². The van der Waals surface area contributed by atoms with Gasteiger partial charge < -0.3 is 10.1 Å². The van der Waals surface area contributed by atoms with Crippen LogP contribution in [0.3, 0.4) is 0 Å². The molecule has 166 valence electrons. The smallest absolute Gasteiger partial charge is 0.344 e. The van der Waals surface area contributed by atoms with Gasteiger partial charge in [-0.05, 0) is 36.4 Å². The Hall–Kier alpha value is -3.65. The highest BCUT2D eigenvalue weighted by Crippen LogP contribution is 2.56. The number of nitrogens with zero attached hydrogens (tertiary/aromatic N) is 1. The van der Waals surface area contributed by atoms with Gasteiger partial charge in [-0.3, -0.25) is 14.5 Å². The zero-order valence-electron chi connectivity index (χ0n) is 17.4. The summed E-state index contributed by atoms with van der Waals surface area (Å²) in [5.74, 6) is -1.81. The second-order valence-corrected chi connectivity index (χ2v) is 9.09. The lowest BCUT2D eigenvalue weighted by atomic mass is 10.1. The molecule has 2 atom stereocenters. The molecule has 33 heavy (non-hydrogen) atoms. The predicted molar refractivity (Wildman–Crippen MR) is 122 cm³/mol. The van der Waals surface area contributed by atoms with Crippen molar-refractivity contribution in [1.82, 2.24) is 0 Å². The number of carbonyl (C=O) groups is 3. The molecule has 0 spiro atoms. The fourth-order valence-electron chi connectivity index (χ4n) is 4.11. The third-order valence-corrected chi connectivity index (χ3v) is 7.13. The Bertz CT molecular complexity index is 1230. The second-order valence-electron chi connectivity index (χ2n) is 7.78. The lowest BCUT2D eigenvalue weighted by Gasteiger charge is -2.30. The van der Waals surface area contributed by atoms with E-state index in [0.29, 0.717) is 16.9 Å². The summed E-state index contributed by atoms with van der Waals surface area (Å²) in [6.45, 7) is 0. The average molecular weight is 463 g/mol. The van der Waals surface area contributed by atoms with E-state index in [1.54, 1.807) is 36.4 Å². The Kier molecular flexibility index (Phi) is 5.38. The standard InChI is InChI=1S/C25H19FN2O4S/c26-17-10-12-18(13-11-17)27-23(30)22(16-6-2-1-3-7-16)32-24(31)25-15-14-21(29)28(25)19-8-4-5-9-20(19)33-25/h1-13,22H,14-15H2,(H,27,30)/t22-,25+/m0/s1. The number of benzene rings is 3. The van der Waals surface area contributed by atoms with Gasteiger partial charge in [-0.1, -0.05) is 54.2 Å². The number of hydrogen-bond donors (Lipinski definition) is 1. The van der Waals surface area contributed by atoms with Crippen LogP contribution in [0, 0.1) is 5.82 Å². The van der Waals surface area contributed by atoms with Crippen LogP contribution in [-0.2, 0) is 19.1 Å². The number of thioether (sulfide) groups is 1. The zero-order chi connectivity index (χ0) is 23.0. The fraction of sp³-hybridized carbons (Fsp3) is 0.160. The quantitative estimate of drug-likeness (QED) is 0.558. The van der Waals surface area contributed by atoms with Crippen LogP contribution in [-0.4, -0.2) is 22.7 Å². The van der Waals surface area contributed by atoms with Gasteiger partial charge in [0.05, 0.1) is 5.69 Å². The van der Waals surface area contributed by atoms with E-state index in [0.717, 1.165) is 4.90 Å². The summed E-state index contributed by atoms with van der Waals surface area (Å²) in [5, 5.41) is 2.68. The van der Waals surface area contributed by atoms with Crippen molar-refractivity contribution in [3.63, 3.8) is 0 Å². The highest BCUT2D eigenvalue weighted by molar-refractivity contribution is 8.02. The maximum atomic E-state index is 13.6. The van der Waals surface area contributed by atoms with E-state index in [1.807, 2.05) is 18.2 Å². The number of fused-ring (bicyclic) bond motifs is 3. The number of halogens is 1. The first-order chi connectivity index (χ1) is 16.0. The van der Waals surface area contributed by atoms with E-state index >= 15 is 0 Å². The average Bonchev–Trinajstić information content (AvgIpc) is 3.35. The minimum Gasteiger partial charge on any atom is -0.445 e. The molecule has 0 aromatic heterocycles. The van der Waals surface area contributed by atoms with Gasteiger partial charge in [-0.2, -0.15) is 0 Å². The molecule has 2 amide bonds. The van der Waals surface area contributed by atoms with Gasteiger partial charge in [0.25, 0.3) is 5.91 Å². The van der Waals surface area contributed by atoms with Crippen LogP contribution in [0.4, 0.5) is 15.8 Å². The summed E-state index contributed by atoms with van der Waals surface area (Å²) >= 11 is 1.28. The van der Waals surface area contributed by atoms with Crippen LogP contribution in [0.2, 0.25) is 0 Å². The molecule has 1 saturated heterocycles. The van der Waals surface area contributed by atoms with E-state index in [1.165, 1.54) is 40.9 Å². The van der Waals surface area contributed by atoms with Gasteiger partial charge in [0.15, 0.2) is 4.87 Å². The topological polar surface area (TPSA) is 75.7 Å². The van der Waals surface area contributed by atoms with Gasteiger partial charge in [0.2, 0.25) is 12.0 Å². The van der Waals surface area contributed by atoms with Crippen molar-refractivity contribution >= 4 is 40.9 Å². The molecule has 2 heterocycles. The molecule has 3 aromatic rings. The largest absolute Gasteiger partial charge is 0.445 e. The number of hydrogen-bond acceptors (Lipinski definition) is 5. The number of amides is 2. The number of para-hydroxylation sites is 1. The van der Waals surface area contributed by atoms with Crippen molar-refractivity contribution in [3.05, 3.63) is 90.2 Å². The maximum absolute atomic E-state index is 13.6. The predicted octanol–water partition coefficient (Wildman–Crippen LogP) is 4.68. The molecule has 3 aromatic carbocycles. The summed E-state index contributed by atoms with van der Waals surface area (Å²) < 4.78 is 19.1. The van der Waals surface area contributed by atoms with E-state index in [-0.39, 0.29) is 18.7 Å². The van der Waals surface area contributed by atoms with Crippen molar-refractivity contribution < 1.29 is 23.5 Å². The van der Waals surface area contributed by atoms with E-state index in [2.05, 4.69) is 5.32 Å². The van der Waals surface area contributed by atoms with Crippen molar-refractivity contribution in [1.29, 1.82) is 0 Å². The molecule has 2 aliphatic rings. The minimum atomic E-state index is -1.25. The minimum absolute atomic E-state index is 0.156. The second kappa shape index (κ2) is 8.37. The molecule has 6 nitrogen and oxygen atoms in total. The molecular formula is C25H19FN2O4S. The summed E-state index contributed by atoms with van der Waals surface area (Å²) in [6.07, 6.45) is -0.751. The first-order valence-electron chi connectivity index (χ1n) is 10.4. The number of nitrogens with one attached hydrogen (secondary N) is 1. The Morgan fingerprint density at radius 1 is 1.00 bits per heavy atom. The third kappa shape index (κ3) is 3.76. The SMILES string of the molecule is O=C(Nc1ccc(F)cc1)[C@@H](OC(=O)[C@]12CCC(=O)N1c1ccccc1S2)c1ccccc1. The van der Waals surface area contributed by atoms with Crippen LogP contribution >= 0.6 is 11.8 Å². The van der Waals surface area contributed by atoms with Gasteiger partial charge in [-0.15, -0.1) is 0 Å². The number of carbonyl (C=O) groups excluding carboxylic acids is 3. The van der Waals surface area contributed by atoms with Crippen molar-refractivity contribution in [2.75, 3.05) is 10.2 Å². The van der Waals surface area contributed by atoms with Gasteiger partial charge >= 0.3 is 5.97 Å². The molecule has 8 heteroatoms. The van der Waals surface area contributed by atoms with E-state index < -0.39 is 28.7 Å². The molecule has 0 radical (unpaired) electrons. The molecule has 0 saturated carbocycles. The monoisotopic (exact) mass is 462 g/mol. The highest BCUT2D eigenvalue weighted by atomic mass is 32.2. The van der Waals surface area contributed by atoms with Crippen molar-refractivity contribution in [3.8, 4) is 0 Å². The first kappa shape index (κ1) is 21.2. The van der Waals surface area contributed by atoms with Crippen molar-refractivity contribution in [2.45, 2.75) is 28.7 Å². The molecule has 1 fully saturated rings. The lowest BCUT2D eigenvalue weighted by Crippen LogP contribution is -2.48. The number of anilines is 2. The molecule has 0 bridgehead atoms. The zero-order valence-corrected chi connectivity index (χ0v) is 18.2.